The zero-order valence-electron chi connectivity index (χ0n) is 13.0. The van der Waals surface area contributed by atoms with Gasteiger partial charge in [0.05, 0.1) is 17.0 Å². The molecule has 114 valence electrons. The van der Waals surface area contributed by atoms with E-state index in [2.05, 4.69) is 10.0 Å². The Morgan fingerprint density at radius 3 is 2.10 bits per heavy atom. The number of hydrogen-bond acceptors (Lipinski definition) is 4. The molecule has 0 saturated heterocycles. The van der Waals surface area contributed by atoms with Crippen LogP contribution in [0.1, 0.15) is 25.0 Å². The molecular weight excluding hydrogens is 276 g/mol. The number of ether oxygens (including phenoxy) is 1. The molecule has 0 radical (unpaired) electrons. The Morgan fingerprint density at radius 2 is 1.70 bits per heavy atom. The Hall–Kier alpha value is -1.11. The van der Waals surface area contributed by atoms with Crippen LogP contribution in [0, 0.1) is 13.8 Å². The van der Waals surface area contributed by atoms with Gasteiger partial charge in [-0.1, -0.05) is 0 Å². The normalized spacial score (nSPS) is 12.5. The Morgan fingerprint density at radius 1 is 1.20 bits per heavy atom. The van der Waals surface area contributed by atoms with Crippen molar-refractivity contribution in [2.24, 2.45) is 0 Å². The molecule has 2 N–H and O–H groups in total. The highest BCUT2D eigenvalue weighted by atomic mass is 32.2. The van der Waals surface area contributed by atoms with Gasteiger partial charge in [0.2, 0.25) is 10.0 Å². The lowest BCUT2D eigenvalue weighted by atomic mass is 10.1. The number of rotatable bonds is 6. The van der Waals surface area contributed by atoms with E-state index in [1.165, 1.54) is 0 Å². The van der Waals surface area contributed by atoms with Crippen molar-refractivity contribution in [2.45, 2.75) is 38.1 Å². The molecule has 0 fully saturated rings. The first-order valence-electron chi connectivity index (χ1n) is 6.45. The summed E-state index contributed by atoms with van der Waals surface area (Å²) in [5.74, 6) is 0. The number of sulfonamides is 1. The molecule has 0 saturated carbocycles. The van der Waals surface area contributed by atoms with Crippen molar-refractivity contribution in [2.75, 3.05) is 26.1 Å². The maximum absolute atomic E-state index is 12.6. The minimum absolute atomic E-state index is 0.304. The topological polar surface area (TPSA) is 67.4 Å². The fourth-order valence-corrected chi connectivity index (χ4v) is 4.18. The Labute approximate surface area is 121 Å². The van der Waals surface area contributed by atoms with E-state index in [4.69, 9.17) is 4.74 Å². The van der Waals surface area contributed by atoms with Crippen LogP contribution in [0.3, 0.4) is 0 Å². The van der Waals surface area contributed by atoms with Gasteiger partial charge < -0.3 is 10.1 Å². The van der Waals surface area contributed by atoms with Crippen molar-refractivity contribution in [1.29, 1.82) is 0 Å². The molecule has 6 heteroatoms. The van der Waals surface area contributed by atoms with E-state index in [9.17, 15) is 8.42 Å². The van der Waals surface area contributed by atoms with Gasteiger partial charge in [-0.25, -0.2) is 13.1 Å². The van der Waals surface area contributed by atoms with E-state index in [0.717, 1.165) is 16.8 Å². The van der Waals surface area contributed by atoms with Crippen LogP contribution in [0.15, 0.2) is 17.0 Å². The largest absolute Gasteiger partial charge is 0.388 e. The summed E-state index contributed by atoms with van der Waals surface area (Å²) in [7, 11) is -0.227. The summed E-state index contributed by atoms with van der Waals surface area (Å²) in [6.07, 6.45) is 0. The fourth-order valence-electron chi connectivity index (χ4n) is 2.32. The van der Waals surface area contributed by atoms with Gasteiger partial charge in [-0.05, 0) is 51.0 Å². The van der Waals surface area contributed by atoms with Crippen LogP contribution in [0.5, 0.6) is 0 Å². The summed E-state index contributed by atoms with van der Waals surface area (Å²) >= 11 is 0. The van der Waals surface area contributed by atoms with E-state index in [1.54, 1.807) is 34.8 Å². The molecule has 1 rings (SSSR count). The highest BCUT2D eigenvalue weighted by molar-refractivity contribution is 7.89. The lowest BCUT2D eigenvalue weighted by Gasteiger charge is -2.26. The minimum atomic E-state index is -3.58. The molecular formula is C14H24N2O3S. The average molecular weight is 300 g/mol. The highest BCUT2D eigenvalue weighted by Crippen LogP contribution is 2.25. The predicted octanol–water partition coefficient (Wildman–Crippen LogP) is 2.05. The summed E-state index contributed by atoms with van der Waals surface area (Å²) < 4.78 is 32.9. The third kappa shape index (κ3) is 3.94. The molecule has 0 atom stereocenters. The SMILES string of the molecule is CNc1cc(C)c(S(=O)(=O)NC(C)(C)COC)c(C)c1. The summed E-state index contributed by atoms with van der Waals surface area (Å²) in [4.78, 5) is 0.334. The molecule has 0 aliphatic carbocycles. The van der Waals surface area contributed by atoms with Crippen molar-refractivity contribution in [3.63, 3.8) is 0 Å². The van der Waals surface area contributed by atoms with Crippen molar-refractivity contribution >= 4 is 15.7 Å². The number of methoxy groups -OCH3 is 1. The van der Waals surface area contributed by atoms with Crippen LogP contribution in [0.2, 0.25) is 0 Å². The molecule has 0 aromatic heterocycles. The van der Waals surface area contributed by atoms with Crippen molar-refractivity contribution < 1.29 is 13.2 Å². The maximum Gasteiger partial charge on any atom is 0.241 e. The maximum atomic E-state index is 12.6. The van der Waals surface area contributed by atoms with Crippen molar-refractivity contribution in [3.05, 3.63) is 23.3 Å². The predicted molar refractivity (Wildman–Crippen MR) is 81.7 cm³/mol. The monoisotopic (exact) mass is 300 g/mol. The summed E-state index contributed by atoms with van der Waals surface area (Å²) in [5.41, 5.74) is 1.67. The van der Waals surface area contributed by atoms with E-state index < -0.39 is 15.6 Å². The van der Waals surface area contributed by atoms with Gasteiger partial charge in [0.1, 0.15) is 0 Å². The second-order valence-electron chi connectivity index (χ2n) is 5.61. The highest BCUT2D eigenvalue weighted by Gasteiger charge is 2.28. The van der Waals surface area contributed by atoms with Gasteiger partial charge >= 0.3 is 0 Å². The van der Waals surface area contributed by atoms with Crippen LogP contribution in [0.4, 0.5) is 5.69 Å². The quantitative estimate of drug-likeness (QED) is 0.844. The molecule has 0 bridgehead atoms. The number of aryl methyl sites for hydroxylation is 2. The van der Waals surface area contributed by atoms with Gasteiger partial charge in [-0.2, -0.15) is 0 Å². The third-order valence-corrected chi connectivity index (χ3v) is 4.94. The second-order valence-corrected chi connectivity index (χ2v) is 7.23. The molecule has 0 unspecified atom stereocenters. The number of benzene rings is 1. The van der Waals surface area contributed by atoms with Crippen LogP contribution in [0.25, 0.3) is 0 Å². The molecule has 0 amide bonds. The first kappa shape index (κ1) is 16.9. The molecule has 1 aromatic carbocycles. The lowest BCUT2D eigenvalue weighted by Crippen LogP contribution is -2.46. The molecule has 5 nitrogen and oxygen atoms in total. The van der Waals surface area contributed by atoms with Gasteiger partial charge in [0.15, 0.2) is 0 Å². The molecule has 0 heterocycles. The molecule has 1 aromatic rings. The van der Waals surface area contributed by atoms with Gasteiger partial charge in [-0.15, -0.1) is 0 Å². The van der Waals surface area contributed by atoms with Gasteiger partial charge in [-0.3, -0.25) is 0 Å². The fraction of sp³-hybridized carbons (Fsp3) is 0.571. The van der Waals surface area contributed by atoms with E-state index >= 15 is 0 Å². The third-order valence-electron chi connectivity index (χ3n) is 2.93. The zero-order chi connectivity index (χ0) is 15.6. The molecule has 20 heavy (non-hydrogen) atoms. The van der Waals surface area contributed by atoms with Crippen LogP contribution >= 0.6 is 0 Å². The zero-order valence-corrected chi connectivity index (χ0v) is 13.8. The van der Waals surface area contributed by atoms with E-state index in [0.29, 0.717) is 11.5 Å². The standard InChI is InChI=1S/C14H24N2O3S/c1-10-7-12(15-5)8-11(2)13(10)20(17,18)16-14(3,4)9-19-6/h7-8,15-16H,9H2,1-6H3. The molecule has 0 aliphatic heterocycles. The van der Waals surface area contributed by atoms with Crippen molar-refractivity contribution in [1.82, 2.24) is 4.72 Å². The summed E-state index contributed by atoms with van der Waals surface area (Å²) in [6, 6.07) is 3.65. The Balaban J connectivity index is 3.23. The molecule has 0 spiro atoms. The minimum Gasteiger partial charge on any atom is -0.388 e. The Kier molecular flexibility index (Phi) is 5.18. The number of nitrogens with one attached hydrogen (secondary N) is 2. The summed E-state index contributed by atoms with van der Waals surface area (Å²) in [6.45, 7) is 7.48. The Bertz CT molecular complexity index is 557. The second kappa shape index (κ2) is 6.11. The van der Waals surface area contributed by atoms with Crippen LogP contribution < -0.4 is 10.0 Å². The van der Waals surface area contributed by atoms with E-state index in [-0.39, 0.29) is 0 Å². The van der Waals surface area contributed by atoms with Gasteiger partial charge in [0.25, 0.3) is 0 Å². The first-order valence-corrected chi connectivity index (χ1v) is 7.93. The summed E-state index contributed by atoms with van der Waals surface area (Å²) in [5, 5.41) is 3.02. The lowest BCUT2D eigenvalue weighted by molar-refractivity contribution is 0.141. The smallest absolute Gasteiger partial charge is 0.241 e. The average Bonchev–Trinajstić information content (AvgIpc) is 2.25. The van der Waals surface area contributed by atoms with Crippen molar-refractivity contribution in [3.8, 4) is 0 Å². The van der Waals surface area contributed by atoms with Crippen LogP contribution in [-0.2, 0) is 14.8 Å². The van der Waals surface area contributed by atoms with E-state index in [1.807, 2.05) is 19.2 Å². The van der Waals surface area contributed by atoms with Gasteiger partial charge in [0, 0.05) is 19.8 Å². The van der Waals surface area contributed by atoms with Crippen LogP contribution in [-0.4, -0.2) is 34.7 Å². The first-order chi connectivity index (χ1) is 9.13. The molecule has 0 aliphatic rings. The number of hydrogen-bond donors (Lipinski definition) is 2. The number of anilines is 1.